The fraction of sp³-hybridized carbons (Fsp3) is 1.00. The van der Waals surface area contributed by atoms with Gasteiger partial charge in [0.15, 0.2) is 0 Å². The van der Waals surface area contributed by atoms with Gasteiger partial charge < -0.3 is 0 Å². The van der Waals surface area contributed by atoms with E-state index in [2.05, 4.69) is 27.7 Å². The molecule has 0 heteroatoms. The Hall–Kier alpha value is 0. The Kier molecular flexibility index (Phi) is 5.15. The molecule has 0 radical (unpaired) electrons. The topological polar surface area (TPSA) is 0 Å². The van der Waals surface area contributed by atoms with Crippen molar-refractivity contribution in [2.75, 3.05) is 0 Å². The molecule has 1 spiro atoms. The zero-order valence-corrected chi connectivity index (χ0v) is 24.8. The van der Waals surface area contributed by atoms with E-state index in [-0.39, 0.29) is 0 Å². The average Bonchev–Trinajstić information content (AvgIpc) is 3.53. The SMILES string of the molecule is CC1CCC2C(C1)C1C3CCCCC3C3CCC4CC5CC(C(C)C)CC6C7CCC(C)C7C2(C56)C4C31. The van der Waals surface area contributed by atoms with Crippen molar-refractivity contribution in [3.05, 3.63) is 0 Å². The van der Waals surface area contributed by atoms with E-state index in [4.69, 9.17) is 0 Å². The molecule has 9 aliphatic rings. The van der Waals surface area contributed by atoms with Crippen molar-refractivity contribution in [1.82, 2.24) is 0 Å². The summed E-state index contributed by atoms with van der Waals surface area (Å²) < 4.78 is 0. The molecule has 0 N–H and O–H groups in total. The van der Waals surface area contributed by atoms with E-state index in [1.807, 2.05) is 0 Å². The Morgan fingerprint density at radius 2 is 1.32 bits per heavy atom. The average molecular weight is 503 g/mol. The fourth-order valence-corrected chi connectivity index (χ4v) is 16.8. The minimum atomic E-state index is 0.791. The minimum Gasteiger partial charge on any atom is -0.0625 e. The molecule has 9 rings (SSSR count). The summed E-state index contributed by atoms with van der Waals surface area (Å²) in [5.41, 5.74) is 0.791. The smallest absolute Gasteiger partial charge is 0.0165 e. The summed E-state index contributed by atoms with van der Waals surface area (Å²) in [5, 5.41) is 0. The van der Waals surface area contributed by atoms with Crippen LogP contribution in [0.4, 0.5) is 0 Å². The molecule has 0 aromatic carbocycles. The number of hydrogen-bond acceptors (Lipinski definition) is 0. The molecule has 18 unspecified atom stereocenters. The van der Waals surface area contributed by atoms with Crippen LogP contribution in [-0.2, 0) is 0 Å². The van der Waals surface area contributed by atoms with Crippen molar-refractivity contribution in [1.29, 1.82) is 0 Å². The van der Waals surface area contributed by atoms with Gasteiger partial charge in [-0.25, -0.2) is 0 Å². The number of hydrogen-bond donors (Lipinski definition) is 0. The van der Waals surface area contributed by atoms with Crippen molar-refractivity contribution < 1.29 is 0 Å². The summed E-state index contributed by atoms with van der Waals surface area (Å²) in [6.45, 7) is 10.6. The Bertz CT molecular complexity index is 917. The van der Waals surface area contributed by atoms with E-state index in [0.717, 1.165) is 94.2 Å². The maximum atomic E-state index is 2.79. The number of rotatable bonds is 1. The first-order valence-electron chi connectivity index (χ1n) is 18.0. The van der Waals surface area contributed by atoms with E-state index in [1.165, 1.54) is 17.8 Å². The molecule has 9 fully saturated rings. The van der Waals surface area contributed by atoms with Crippen LogP contribution in [0.25, 0.3) is 0 Å². The quantitative estimate of drug-likeness (QED) is 0.335. The van der Waals surface area contributed by atoms with Crippen molar-refractivity contribution >= 4 is 0 Å². The molecular formula is C37H58. The molecule has 37 heavy (non-hydrogen) atoms. The van der Waals surface area contributed by atoms with Gasteiger partial charge in [-0.15, -0.1) is 0 Å². The first-order chi connectivity index (χ1) is 18.0. The highest BCUT2D eigenvalue weighted by Crippen LogP contribution is 2.84. The predicted octanol–water partition coefficient (Wildman–Crippen LogP) is 9.73. The van der Waals surface area contributed by atoms with Crippen molar-refractivity contribution in [3.8, 4) is 0 Å². The van der Waals surface area contributed by atoms with E-state index in [0.29, 0.717) is 0 Å². The monoisotopic (exact) mass is 502 g/mol. The molecule has 0 aliphatic heterocycles. The van der Waals surface area contributed by atoms with Gasteiger partial charge in [0.2, 0.25) is 0 Å². The molecule has 0 saturated heterocycles. The lowest BCUT2D eigenvalue weighted by molar-refractivity contribution is -0.241. The Balaban J connectivity index is 1.25. The zero-order valence-electron chi connectivity index (χ0n) is 24.8. The van der Waals surface area contributed by atoms with Gasteiger partial charge >= 0.3 is 0 Å². The minimum absolute atomic E-state index is 0.791. The summed E-state index contributed by atoms with van der Waals surface area (Å²) in [4.78, 5) is 0. The molecule has 0 aromatic heterocycles. The molecule has 9 saturated carbocycles. The summed E-state index contributed by atoms with van der Waals surface area (Å²) in [7, 11) is 0. The van der Waals surface area contributed by atoms with Crippen molar-refractivity contribution in [3.63, 3.8) is 0 Å². The first-order valence-corrected chi connectivity index (χ1v) is 18.0. The largest absolute Gasteiger partial charge is 0.0625 e. The second kappa shape index (κ2) is 8.05. The van der Waals surface area contributed by atoms with Crippen LogP contribution in [0.1, 0.15) is 118 Å². The third-order valence-electron chi connectivity index (χ3n) is 17.0. The lowest BCUT2D eigenvalue weighted by atomic mass is 9.33. The van der Waals surface area contributed by atoms with Gasteiger partial charge in [0, 0.05) is 0 Å². The van der Waals surface area contributed by atoms with Gasteiger partial charge in [0.25, 0.3) is 0 Å². The molecule has 0 nitrogen and oxygen atoms in total. The van der Waals surface area contributed by atoms with Gasteiger partial charge in [-0.3, -0.25) is 0 Å². The van der Waals surface area contributed by atoms with Gasteiger partial charge in [-0.1, -0.05) is 53.4 Å². The maximum Gasteiger partial charge on any atom is -0.0165 e. The first kappa shape index (κ1) is 23.7. The van der Waals surface area contributed by atoms with Gasteiger partial charge in [0.05, 0.1) is 0 Å². The molecular weight excluding hydrogens is 444 g/mol. The van der Waals surface area contributed by atoms with Gasteiger partial charge in [-0.05, 0) is 176 Å². The van der Waals surface area contributed by atoms with Gasteiger partial charge in [0.1, 0.15) is 0 Å². The number of fused-ring (bicyclic) bond motifs is 7. The molecule has 18 atom stereocenters. The Morgan fingerprint density at radius 3 is 2.16 bits per heavy atom. The lowest BCUT2D eigenvalue weighted by Gasteiger charge is -2.71. The van der Waals surface area contributed by atoms with Crippen LogP contribution in [0.5, 0.6) is 0 Å². The second-order valence-corrected chi connectivity index (χ2v) is 17.9. The summed E-state index contributed by atoms with van der Waals surface area (Å²) in [5.74, 6) is 20.0. The molecule has 0 amide bonds. The summed E-state index contributed by atoms with van der Waals surface area (Å²) in [6.07, 6.45) is 22.8. The van der Waals surface area contributed by atoms with Gasteiger partial charge in [-0.2, -0.15) is 0 Å². The van der Waals surface area contributed by atoms with Crippen LogP contribution in [0.3, 0.4) is 0 Å². The van der Waals surface area contributed by atoms with Crippen LogP contribution < -0.4 is 0 Å². The van der Waals surface area contributed by atoms with Crippen LogP contribution in [0.2, 0.25) is 0 Å². The predicted molar refractivity (Wildman–Crippen MR) is 153 cm³/mol. The lowest BCUT2D eigenvalue weighted by Crippen LogP contribution is -2.67. The highest BCUT2D eigenvalue weighted by molar-refractivity contribution is 5.26. The third-order valence-corrected chi connectivity index (χ3v) is 17.0. The Morgan fingerprint density at radius 1 is 0.541 bits per heavy atom. The molecule has 0 heterocycles. The zero-order chi connectivity index (χ0) is 24.8. The van der Waals surface area contributed by atoms with Crippen LogP contribution in [0, 0.1) is 112 Å². The Labute approximate surface area is 229 Å². The second-order valence-electron chi connectivity index (χ2n) is 17.9. The fourth-order valence-electron chi connectivity index (χ4n) is 16.8. The highest BCUT2D eigenvalue weighted by Gasteiger charge is 2.79. The molecule has 9 aliphatic carbocycles. The van der Waals surface area contributed by atoms with E-state index < -0.39 is 0 Å². The normalized spacial score (nSPS) is 64.9. The van der Waals surface area contributed by atoms with E-state index in [9.17, 15) is 0 Å². The molecule has 0 aromatic rings. The van der Waals surface area contributed by atoms with Crippen LogP contribution in [0.15, 0.2) is 0 Å². The standard InChI is InChI=1S/C37H58/c1-19(2)23-17-24-16-22-11-13-27-25-7-5-6-8-26(25)32-30-15-20(3)9-14-31(30)37(36(22)33(27)32)34-21(4)10-12-28(34)29(18-23)35(24)37/h19-36H,5-18H2,1-4H3. The van der Waals surface area contributed by atoms with Crippen molar-refractivity contribution in [2.45, 2.75) is 118 Å². The van der Waals surface area contributed by atoms with Crippen molar-refractivity contribution in [2.24, 2.45) is 112 Å². The van der Waals surface area contributed by atoms with E-state index >= 15 is 0 Å². The summed E-state index contributed by atoms with van der Waals surface area (Å²) >= 11 is 0. The van der Waals surface area contributed by atoms with Crippen LogP contribution in [-0.4, -0.2) is 0 Å². The van der Waals surface area contributed by atoms with Crippen LogP contribution >= 0.6 is 0 Å². The maximum absolute atomic E-state index is 2.79. The molecule has 206 valence electrons. The summed E-state index contributed by atoms with van der Waals surface area (Å²) in [6, 6.07) is 0. The highest BCUT2D eigenvalue weighted by atomic mass is 14.8. The third kappa shape index (κ3) is 2.80. The van der Waals surface area contributed by atoms with E-state index in [1.54, 1.807) is 89.9 Å². The molecule has 0 bridgehead atoms.